The van der Waals surface area contributed by atoms with Crippen molar-refractivity contribution in [2.45, 2.75) is 0 Å². The number of carbonyl (C=O) groups excluding carboxylic acids is 1. The summed E-state index contributed by atoms with van der Waals surface area (Å²) in [6.07, 6.45) is -0.843. The molecule has 0 heterocycles. The van der Waals surface area contributed by atoms with Crippen LogP contribution in [0.4, 0.5) is 4.79 Å². The van der Waals surface area contributed by atoms with Crippen molar-refractivity contribution in [2.24, 2.45) is 0 Å². The van der Waals surface area contributed by atoms with Crippen LogP contribution in [0.1, 0.15) is 0 Å². The van der Waals surface area contributed by atoms with Gasteiger partial charge in [-0.2, -0.15) is 0 Å². The van der Waals surface area contributed by atoms with Gasteiger partial charge in [-0.3, -0.25) is 0 Å². The van der Waals surface area contributed by atoms with E-state index in [0.29, 0.717) is 11.5 Å². The van der Waals surface area contributed by atoms with Crippen LogP contribution in [0.15, 0.2) is 24.3 Å². The van der Waals surface area contributed by atoms with Crippen molar-refractivity contribution in [2.75, 3.05) is 7.11 Å². The van der Waals surface area contributed by atoms with E-state index in [0.717, 1.165) is 0 Å². The zero-order chi connectivity index (χ0) is 9.68. The van der Waals surface area contributed by atoms with E-state index < -0.39 is 6.16 Å². The molecule has 5 heteroatoms. The molecule has 0 bridgehead atoms. The van der Waals surface area contributed by atoms with E-state index in [9.17, 15) is 4.79 Å². The summed E-state index contributed by atoms with van der Waals surface area (Å²) in [4.78, 5) is 10.7. The fourth-order valence-electron chi connectivity index (χ4n) is 0.809. The first kappa shape index (κ1) is 9.85. The smallest absolute Gasteiger partial charge is 0.493 e. The Morgan fingerprint density at radius 3 is 2.46 bits per heavy atom. The van der Waals surface area contributed by atoms with Gasteiger partial charge in [-0.1, -0.05) is 12.1 Å². The first-order valence-corrected chi connectivity index (χ1v) is 4.06. The summed E-state index contributed by atoms with van der Waals surface area (Å²) < 4.78 is 13.8. The van der Waals surface area contributed by atoms with Gasteiger partial charge in [0.05, 0.1) is 7.11 Å². The van der Waals surface area contributed by atoms with Crippen LogP contribution in [-0.2, 0) is 3.83 Å². The van der Waals surface area contributed by atoms with Crippen molar-refractivity contribution in [3.63, 3.8) is 0 Å². The van der Waals surface area contributed by atoms with Gasteiger partial charge in [0, 0.05) is 0 Å². The lowest BCUT2D eigenvalue weighted by Crippen LogP contribution is -2.05. The fourth-order valence-corrected chi connectivity index (χ4v) is 0.875. The second kappa shape index (κ2) is 4.71. The minimum Gasteiger partial charge on any atom is -0.493 e. The topological polar surface area (TPSA) is 44.8 Å². The number of rotatable bonds is 2. The molecule has 4 nitrogen and oxygen atoms in total. The third-order valence-corrected chi connectivity index (χ3v) is 1.59. The third-order valence-electron chi connectivity index (χ3n) is 1.33. The van der Waals surface area contributed by atoms with Gasteiger partial charge in [0.1, 0.15) is 0 Å². The number of halogens is 1. The van der Waals surface area contributed by atoms with Crippen LogP contribution >= 0.6 is 16.3 Å². The Morgan fingerprint density at radius 1 is 1.31 bits per heavy atom. The Morgan fingerprint density at radius 2 is 1.92 bits per heavy atom. The SMILES string of the molecule is COc1ccccc1OC(=O)OBr. The summed E-state index contributed by atoms with van der Waals surface area (Å²) in [5, 5.41) is 0. The molecule has 0 aromatic heterocycles. The van der Waals surface area contributed by atoms with Crippen LogP contribution in [0.2, 0.25) is 0 Å². The summed E-state index contributed by atoms with van der Waals surface area (Å²) in [6.45, 7) is 0. The first-order valence-electron chi connectivity index (χ1n) is 3.41. The zero-order valence-electron chi connectivity index (χ0n) is 6.82. The molecule has 0 unspecified atom stereocenters. The molecule has 1 aromatic rings. The van der Waals surface area contributed by atoms with Crippen molar-refractivity contribution in [1.82, 2.24) is 0 Å². The summed E-state index contributed by atoms with van der Waals surface area (Å²) in [6, 6.07) is 6.77. The first-order chi connectivity index (χ1) is 6.27. The normalized spacial score (nSPS) is 9.08. The van der Waals surface area contributed by atoms with Crippen molar-refractivity contribution in [3.8, 4) is 11.5 Å². The predicted octanol–water partition coefficient (Wildman–Crippen LogP) is 2.52. The molecular formula is C8H7BrO4. The highest BCUT2D eigenvalue weighted by molar-refractivity contribution is 9.06. The minimum absolute atomic E-state index is 0.314. The number of ether oxygens (including phenoxy) is 2. The van der Waals surface area contributed by atoms with Crippen molar-refractivity contribution >= 4 is 22.4 Å². The van der Waals surface area contributed by atoms with Gasteiger partial charge >= 0.3 is 6.16 Å². The second-order valence-electron chi connectivity index (χ2n) is 2.08. The highest BCUT2D eigenvalue weighted by Gasteiger charge is 2.08. The predicted molar refractivity (Wildman–Crippen MR) is 49.0 cm³/mol. The molecule has 0 aliphatic rings. The molecule has 0 N–H and O–H groups in total. The molecule has 0 saturated carbocycles. The Labute approximate surface area is 83.9 Å². The lowest BCUT2D eigenvalue weighted by Gasteiger charge is -2.05. The van der Waals surface area contributed by atoms with E-state index in [1.165, 1.54) is 7.11 Å². The van der Waals surface area contributed by atoms with E-state index in [-0.39, 0.29) is 0 Å². The average molecular weight is 247 g/mol. The van der Waals surface area contributed by atoms with E-state index in [2.05, 4.69) is 20.1 Å². The minimum atomic E-state index is -0.843. The van der Waals surface area contributed by atoms with Gasteiger partial charge in [-0.15, -0.1) is 0 Å². The summed E-state index contributed by atoms with van der Waals surface area (Å²) in [5.74, 6) is 0.787. The van der Waals surface area contributed by atoms with Gasteiger partial charge in [-0.25, -0.2) is 4.79 Å². The maximum Gasteiger partial charge on any atom is 0.525 e. The van der Waals surface area contributed by atoms with E-state index in [1.54, 1.807) is 24.3 Å². The quantitative estimate of drug-likeness (QED) is 0.595. The number of methoxy groups -OCH3 is 1. The van der Waals surface area contributed by atoms with E-state index in [1.807, 2.05) is 0 Å². The van der Waals surface area contributed by atoms with Gasteiger partial charge in [0.25, 0.3) is 0 Å². The van der Waals surface area contributed by atoms with E-state index in [4.69, 9.17) is 9.47 Å². The monoisotopic (exact) mass is 246 g/mol. The molecule has 0 amide bonds. The largest absolute Gasteiger partial charge is 0.525 e. The van der Waals surface area contributed by atoms with Crippen LogP contribution in [0, 0.1) is 0 Å². The maximum atomic E-state index is 10.7. The van der Waals surface area contributed by atoms with Crippen LogP contribution < -0.4 is 9.47 Å². The highest BCUT2D eigenvalue weighted by Crippen LogP contribution is 2.26. The number of hydrogen-bond donors (Lipinski definition) is 0. The molecule has 70 valence electrons. The average Bonchev–Trinajstić information content (AvgIpc) is 2.18. The van der Waals surface area contributed by atoms with Crippen molar-refractivity contribution in [1.29, 1.82) is 0 Å². The maximum absolute atomic E-state index is 10.7. The lowest BCUT2D eigenvalue weighted by molar-refractivity contribution is 0.161. The molecule has 0 atom stereocenters. The standard InChI is InChI=1S/C8H7BrO4/c1-11-6-4-2-3-5-7(6)12-8(10)13-9/h2-5H,1H3. The number of benzene rings is 1. The van der Waals surface area contributed by atoms with Crippen molar-refractivity contribution in [3.05, 3.63) is 24.3 Å². The molecule has 0 aliphatic carbocycles. The molecule has 0 saturated heterocycles. The van der Waals surface area contributed by atoms with Gasteiger partial charge < -0.3 is 13.3 Å². The Balaban J connectivity index is 2.81. The van der Waals surface area contributed by atoms with Gasteiger partial charge in [0.2, 0.25) is 0 Å². The van der Waals surface area contributed by atoms with Gasteiger partial charge in [0.15, 0.2) is 27.8 Å². The molecule has 0 spiro atoms. The molecule has 0 aliphatic heterocycles. The Bertz CT molecular complexity index is 300. The molecular weight excluding hydrogens is 240 g/mol. The summed E-state index contributed by atoms with van der Waals surface area (Å²) >= 11 is 2.50. The highest BCUT2D eigenvalue weighted by atomic mass is 79.9. The van der Waals surface area contributed by atoms with Gasteiger partial charge in [-0.05, 0) is 12.1 Å². The fraction of sp³-hybridized carbons (Fsp3) is 0.125. The van der Waals surface area contributed by atoms with Crippen LogP contribution in [0.5, 0.6) is 11.5 Å². The van der Waals surface area contributed by atoms with E-state index >= 15 is 0 Å². The Kier molecular flexibility index (Phi) is 3.57. The van der Waals surface area contributed by atoms with Crippen LogP contribution in [0.25, 0.3) is 0 Å². The zero-order valence-corrected chi connectivity index (χ0v) is 8.41. The summed E-state index contributed by atoms with van der Waals surface area (Å²) in [5.41, 5.74) is 0. The second-order valence-corrected chi connectivity index (χ2v) is 2.40. The molecule has 0 fully saturated rings. The lowest BCUT2D eigenvalue weighted by atomic mass is 10.3. The number of hydrogen-bond acceptors (Lipinski definition) is 4. The summed E-state index contributed by atoms with van der Waals surface area (Å²) in [7, 11) is 1.49. The van der Waals surface area contributed by atoms with Crippen LogP contribution in [0.3, 0.4) is 0 Å². The van der Waals surface area contributed by atoms with Crippen LogP contribution in [-0.4, -0.2) is 13.3 Å². The van der Waals surface area contributed by atoms with Crippen molar-refractivity contribution < 1.29 is 18.1 Å². The third kappa shape index (κ3) is 2.62. The Hall–Kier alpha value is -1.23. The number of para-hydroxylation sites is 2. The number of carbonyl (C=O) groups is 1. The molecule has 1 aromatic carbocycles. The molecule has 13 heavy (non-hydrogen) atoms. The molecule has 0 radical (unpaired) electrons. The molecule has 1 rings (SSSR count).